The minimum absolute atomic E-state index is 0.00573. The fourth-order valence-corrected chi connectivity index (χ4v) is 1.93. The Labute approximate surface area is 105 Å². The highest BCUT2D eigenvalue weighted by atomic mass is 32.2. The van der Waals surface area contributed by atoms with Gasteiger partial charge in [0.2, 0.25) is 0 Å². The molecule has 6 heteroatoms. The summed E-state index contributed by atoms with van der Waals surface area (Å²) < 4.78 is 57.1. The van der Waals surface area contributed by atoms with Gasteiger partial charge >= 0.3 is 0 Å². The van der Waals surface area contributed by atoms with Crippen LogP contribution in [-0.4, -0.2) is 13.4 Å². The average Bonchev–Trinajstić information content (AvgIpc) is 2.43. The van der Waals surface area contributed by atoms with Crippen LogP contribution < -0.4 is 10.5 Å². The molecule has 2 rings (SSSR count). The maximum atomic E-state index is 12.3. The summed E-state index contributed by atoms with van der Waals surface area (Å²) >= 11 is 0. The first-order valence-electron chi connectivity index (χ1n) is 6.55. The maximum Gasteiger partial charge on any atom is 0.263 e. The average molecular weight is 253 g/mol. The fraction of sp³-hybridized carbons (Fsp3) is 0. The molecule has 0 bridgehead atoms. The lowest BCUT2D eigenvalue weighted by molar-refractivity contribution is 0.601. The van der Waals surface area contributed by atoms with Gasteiger partial charge in [-0.25, -0.2) is 13.4 Å². The van der Waals surface area contributed by atoms with Crippen LogP contribution in [0.5, 0.6) is 0 Å². The van der Waals surface area contributed by atoms with E-state index in [0.29, 0.717) is 0 Å². The summed E-state index contributed by atoms with van der Waals surface area (Å²) in [4.78, 5) is 3.01. The number of aromatic nitrogens is 1. The highest BCUT2D eigenvalue weighted by Gasteiger charge is 2.13. The molecule has 17 heavy (non-hydrogen) atoms. The van der Waals surface area contributed by atoms with Gasteiger partial charge in [0.05, 0.1) is 10.4 Å². The summed E-state index contributed by atoms with van der Waals surface area (Å²) in [6.45, 7) is 0. The maximum absolute atomic E-state index is 12.3. The number of sulfonamides is 1. The van der Waals surface area contributed by atoms with Crippen LogP contribution in [0.1, 0.15) is 5.48 Å². The largest absolute Gasteiger partial charge is 0.399 e. The zero-order valence-corrected chi connectivity index (χ0v) is 9.38. The van der Waals surface area contributed by atoms with Crippen LogP contribution in [0.2, 0.25) is 0 Å². The third-order valence-corrected chi connectivity index (χ3v) is 3.01. The molecular weight excluding hydrogens is 238 g/mol. The van der Waals surface area contributed by atoms with Crippen molar-refractivity contribution in [3.63, 3.8) is 0 Å². The van der Waals surface area contributed by atoms with E-state index < -0.39 is 44.8 Å². The van der Waals surface area contributed by atoms with E-state index >= 15 is 0 Å². The van der Waals surface area contributed by atoms with Crippen molar-refractivity contribution in [3.05, 3.63) is 48.6 Å². The molecule has 0 fully saturated rings. The van der Waals surface area contributed by atoms with Crippen molar-refractivity contribution in [1.82, 2.24) is 4.98 Å². The lowest BCUT2D eigenvalue weighted by Gasteiger charge is -2.06. The Morgan fingerprint density at radius 3 is 2.53 bits per heavy atom. The number of pyridine rings is 1. The molecule has 0 spiro atoms. The van der Waals surface area contributed by atoms with Crippen LogP contribution in [-0.2, 0) is 10.0 Å². The van der Waals surface area contributed by atoms with E-state index in [1.165, 1.54) is 12.3 Å². The quantitative estimate of drug-likeness (QED) is 0.811. The van der Waals surface area contributed by atoms with Gasteiger partial charge in [-0.15, -0.1) is 0 Å². The second kappa shape index (κ2) is 4.42. The van der Waals surface area contributed by atoms with Gasteiger partial charge in [0.15, 0.2) is 0 Å². The van der Waals surface area contributed by atoms with Gasteiger partial charge in [-0.1, -0.05) is 6.07 Å². The van der Waals surface area contributed by atoms with Crippen molar-refractivity contribution >= 4 is 21.5 Å². The van der Waals surface area contributed by atoms with Crippen molar-refractivity contribution in [2.75, 3.05) is 10.5 Å². The fourth-order valence-electron chi connectivity index (χ4n) is 1.06. The molecule has 0 aliphatic carbocycles. The molecule has 1 heterocycles. The van der Waals surface area contributed by atoms with E-state index in [-0.39, 0.29) is 5.82 Å². The molecule has 0 saturated heterocycles. The van der Waals surface area contributed by atoms with Gasteiger partial charge in [-0.2, -0.15) is 0 Å². The van der Waals surface area contributed by atoms with E-state index in [1.54, 1.807) is 12.1 Å². The number of benzene rings is 1. The van der Waals surface area contributed by atoms with Crippen LogP contribution >= 0.6 is 0 Å². The first-order valence-corrected chi connectivity index (χ1v) is 6.03. The van der Waals surface area contributed by atoms with Crippen LogP contribution in [0.15, 0.2) is 53.5 Å². The van der Waals surface area contributed by atoms with Crippen LogP contribution in [0.25, 0.3) is 0 Å². The standard InChI is InChI=1S/C11H11N3O2S/c12-9-4-6-10(7-5-9)17(15,16)14-11-3-1-2-8-13-11/h1-8H,12H2,(H,13,14)/i4D,5D,6D,7D. The second-order valence-electron chi connectivity index (χ2n) is 3.06. The number of nitrogens with two attached hydrogens (primary N) is 1. The number of hydrogen-bond acceptors (Lipinski definition) is 4. The van der Waals surface area contributed by atoms with Crippen LogP contribution in [0.4, 0.5) is 11.5 Å². The third-order valence-electron chi connectivity index (χ3n) is 1.79. The van der Waals surface area contributed by atoms with Gasteiger partial charge < -0.3 is 5.73 Å². The monoisotopic (exact) mass is 253 g/mol. The van der Waals surface area contributed by atoms with E-state index in [4.69, 9.17) is 11.2 Å². The number of hydrogen-bond donors (Lipinski definition) is 2. The zero-order valence-electron chi connectivity index (χ0n) is 12.6. The first-order chi connectivity index (χ1) is 9.75. The molecule has 0 unspecified atom stereocenters. The van der Waals surface area contributed by atoms with Gasteiger partial charge in [-0.05, 0) is 36.3 Å². The minimum Gasteiger partial charge on any atom is -0.399 e. The number of nitrogens with one attached hydrogen (secondary N) is 1. The number of rotatable bonds is 3. The summed E-state index contributed by atoms with van der Waals surface area (Å²) in [5, 5.41) is 0. The van der Waals surface area contributed by atoms with Crippen molar-refractivity contribution in [3.8, 4) is 0 Å². The Kier molecular flexibility index (Phi) is 1.90. The molecule has 0 amide bonds. The van der Waals surface area contributed by atoms with Crippen LogP contribution in [0, 0.1) is 0 Å². The summed E-state index contributed by atoms with van der Waals surface area (Å²) in [6, 6.07) is 1.90. The molecule has 1 aromatic carbocycles. The van der Waals surface area contributed by atoms with Gasteiger partial charge in [-0.3, -0.25) is 4.72 Å². The zero-order chi connectivity index (χ0) is 15.8. The highest BCUT2D eigenvalue weighted by molar-refractivity contribution is 7.92. The van der Waals surface area contributed by atoms with Gasteiger partial charge in [0, 0.05) is 11.9 Å². The number of nitrogen functional groups attached to an aromatic ring is 1. The van der Waals surface area contributed by atoms with E-state index in [9.17, 15) is 8.42 Å². The molecule has 0 atom stereocenters. The summed E-state index contributed by atoms with van der Waals surface area (Å²) in [6.07, 6.45) is 1.37. The molecule has 3 N–H and O–H groups in total. The molecule has 2 aromatic rings. The van der Waals surface area contributed by atoms with E-state index in [0.717, 1.165) is 0 Å². The lowest BCUT2D eigenvalue weighted by Crippen LogP contribution is -2.13. The van der Waals surface area contributed by atoms with Gasteiger partial charge in [0.1, 0.15) is 5.82 Å². The predicted octanol–water partition coefficient (Wildman–Crippen LogP) is 1.46. The Hall–Kier alpha value is -2.08. The van der Waals surface area contributed by atoms with E-state index in [2.05, 4.69) is 9.71 Å². The van der Waals surface area contributed by atoms with Crippen molar-refractivity contribution in [2.45, 2.75) is 4.90 Å². The number of nitrogens with zero attached hydrogens (tertiary/aromatic N) is 1. The molecule has 0 saturated carbocycles. The topological polar surface area (TPSA) is 85.1 Å². The molecule has 1 aromatic heterocycles. The molecule has 5 nitrogen and oxygen atoms in total. The Morgan fingerprint density at radius 2 is 1.94 bits per heavy atom. The predicted molar refractivity (Wildman–Crippen MR) is 65.9 cm³/mol. The minimum atomic E-state index is -4.32. The molecule has 0 radical (unpaired) electrons. The Balaban J connectivity index is 2.61. The first kappa shape index (κ1) is 7.29. The molecular formula is C11H11N3O2S. The van der Waals surface area contributed by atoms with Crippen molar-refractivity contribution in [1.29, 1.82) is 0 Å². The lowest BCUT2D eigenvalue weighted by atomic mass is 10.3. The second-order valence-corrected chi connectivity index (χ2v) is 4.68. The SMILES string of the molecule is [2H]c1c([2H])c(S(=O)(=O)Nc2ccccn2)c([2H])c([2H])c1N. The van der Waals surface area contributed by atoms with Gasteiger partial charge in [0.25, 0.3) is 10.0 Å². The van der Waals surface area contributed by atoms with Crippen molar-refractivity contribution < 1.29 is 13.9 Å². The molecule has 88 valence electrons. The smallest absolute Gasteiger partial charge is 0.263 e. The Morgan fingerprint density at radius 1 is 1.24 bits per heavy atom. The summed E-state index contributed by atoms with van der Waals surface area (Å²) in [7, 11) is -4.32. The summed E-state index contributed by atoms with van der Waals surface area (Å²) in [5.74, 6) is 0.00573. The van der Waals surface area contributed by atoms with Crippen LogP contribution in [0.3, 0.4) is 0 Å². The highest BCUT2D eigenvalue weighted by Crippen LogP contribution is 2.15. The normalized spacial score (nSPS) is 14.4. The molecule has 0 aliphatic rings. The van der Waals surface area contributed by atoms with Crippen molar-refractivity contribution in [2.24, 2.45) is 0 Å². The van der Waals surface area contributed by atoms with E-state index in [1.807, 2.05) is 0 Å². The molecule has 0 aliphatic heterocycles. The third kappa shape index (κ3) is 2.73. The summed E-state index contributed by atoms with van der Waals surface area (Å²) in [5.41, 5.74) is 5.00. The number of anilines is 2. The Bertz CT molecular complexity index is 768.